The maximum absolute atomic E-state index is 10.7. The predicted octanol–water partition coefficient (Wildman–Crippen LogP) is 3.04. The molecule has 0 amide bonds. The summed E-state index contributed by atoms with van der Waals surface area (Å²) >= 11 is 0. The van der Waals surface area contributed by atoms with Crippen LogP contribution in [0.4, 0.5) is 0 Å². The van der Waals surface area contributed by atoms with E-state index in [4.69, 9.17) is 5.11 Å². The lowest BCUT2D eigenvalue weighted by Crippen LogP contribution is -2.04. The summed E-state index contributed by atoms with van der Waals surface area (Å²) in [5.41, 5.74) is 0.335. The fourth-order valence-electron chi connectivity index (χ4n) is 1.38. The Morgan fingerprint density at radius 3 is 1.89 bits per heavy atom. The third kappa shape index (κ3) is 4.31. The van der Waals surface area contributed by atoms with Crippen molar-refractivity contribution in [2.24, 2.45) is 0 Å². The second kappa shape index (κ2) is 7.62. The first-order valence-corrected chi connectivity index (χ1v) is 6.91. The number of hydrogen-bond acceptors (Lipinski definition) is 1. The van der Waals surface area contributed by atoms with Crippen LogP contribution < -0.4 is 10.6 Å². The normalized spacial score (nSPS) is 9.89. The van der Waals surface area contributed by atoms with Crippen molar-refractivity contribution in [3.05, 3.63) is 60.2 Å². The fourth-order valence-corrected chi connectivity index (χ4v) is 2.41. The van der Waals surface area contributed by atoms with Crippen LogP contribution in [-0.2, 0) is 0 Å². The van der Waals surface area contributed by atoms with Gasteiger partial charge < -0.3 is 5.11 Å². The minimum absolute atomic E-state index is 0.335. The fraction of sp³-hybridized carbons (Fsp3) is 0.133. The van der Waals surface area contributed by atoms with Crippen LogP contribution in [0.1, 0.15) is 24.2 Å². The molecule has 2 nitrogen and oxygen atoms in total. The summed E-state index contributed by atoms with van der Waals surface area (Å²) in [4.78, 5) is 10.7. The second-order valence-corrected chi connectivity index (χ2v) is 4.78. The molecule has 2 aromatic rings. The Morgan fingerprint density at radius 1 is 0.889 bits per heavy atom. The molecule has 0 heterocycles. The molecule has 0 aliphatic carbocycles. The zero-order chi connectivity index (χ0) is 13.4. The van der Waals surface area contributed by atoms with E-state index < -0.39 is 5.97 Å². The third-order valence-electron chi connectivity index (χ3n) is 2.19. The van der Waals surface area contributed by atoms with Crippen LogP contribution in [0, 0.1) is 0 Å². The van der Waals surface area contributed by atoms with Crippen LogP contribution >= 0.6 is 8.58 Å². The molecular weight excluding hydrogens is 243 g/mol. The molecule has 0 aromatic heterocycles. The lowest BCUT2D eigenvalue weighted by Gasteiger charge is -2.02. The highest BCUT2D eigenvalue weighted by Gasteiger charge is 2.01. The van der Waals surface area contributed by atoms with Crippen molar-refractivity contribution in [2.75, 3.05) is 0 Å². The first kappa shape index (κ1) is 14.4. The van der Waals surface area contributed by atoms with E-state index in [-0.39, 0.29) is 0 Å². The molecule has 0 spiro atoms. The van der Waals surface area contributed by atoms with E-state index >= 15 is 0 Å². The van der Waals surface area contributed by atoms with Crippen LogP contribution in [0.15, 0.2) is 54.6 Å². The van der Waals surface area contributed by atoms with E-state index in [9.17, 15) is 4.79 Å². The van der Waals surface area contributed by atoms with Gasteiger partial charge in [0, 0.05) is 0 Å². The SMILES string of the molecule is CC.O=C(O)c1ccc(Pc2ccccc2)cc1. The Balaban J connectivity index is 0.000000771. The number of carbonyl (C=O) groups is 1. The standard InChI is InChI=1S/C13H11O2P.C2H6/c14-13(15)10-6-8-12(9-7-10)16-11-4-2-1-3-5-11;1-2/h1-9,16H,(H,14,15);1-2H3. The maximum Gasteiger partial charge on any atom is 0.335 e. The Morgan fingerprint density at radius 2 is 1.39 bits per heavy atom. The van der Waals surface area contributed by atoms with Crippen LogP contribution in [0.3, 0.4) is 0 Å². The molecule has 0 bridgehead atoms. The van der Waals surface area contributed by atoms with Crippen molar-refractivity contribution in [2.45, 2.75) is 13.8 Å². The first-order chi connectivity index (χ1) is 8.75. The van der Waals surface area contributed by atoms with Gasteiger partial charge in [0.05, 0.1) is 5.56 Å². The smallest absolute Gasteiger partial charge is 0.335 e. The highest BCUT2D eigenvalue weighted by atomic mass is 31.1. The van der Waals surface area contributed by atoms with E-state index in [2.05, 4.69) is 12.1 Å². The first-order valence-electron chi connectivity index (χ1n) is 5.91. The number of aromatic carboxylic acids is 1. The molecular formula is C15H17O2P. The molecule has 3 heteroatoms. The molecule has 0 fully saturated rings. The zero-order valence-corrected chi connectivity index (χ0v) is 11.6. The maximum atomic E-state index is 10.7. The Labute approximate surface area is 109 Å². The minimum Gasteiger partial charge on any atom is -0.478 e. The minimum atomic E-state index is -0.880. The molecule has 1 unspecified atom stereocenters. The number of hydrogen-bond donors (Lipinski definition) is 1. The zero-order valence-electron chi connectivity index (χ0n) is 10.6. The molecule has 2 aromatic carbocycles. The van der Waals surface area contributed by atoms with E-state index in [0.717, 1.165) is 5.30 Å². The lowest BCUT2D eigenvalue weighted by molar-refractivity contribution is 0.0697. The van der Waals surface area contributed by atoms with Crippen molar-refractivity contribution in [1.29, 1.82) is 0 Å². The van der Waals surface area contributed by atoms with Gasteiger partial charge in [0.2, 0.25) is 0 Å². The molecule has 1 N–H and O–H groups in total. The van der Waals surface area contributed by atoms with E-state index in [0.29, 0.717) is 14.1 Å². The summed E-state index contributed by atoms with van der Waals surface area (Å²) in [5, 5.41) is 11.2. The molecule has 0 radical (unpaired) electrons. The van der Waals surface area contributed by atoms with Crippen molar-refractivity contribution >= 4 is 25.2 Å². The van der Waals surface area contributed by atoms with Crippen LogP contribution in [-0.4, -0.2) is 11.1 Å². The van der Waals surface area contributed by atoms with Gasteiger partial charge >= 0.3 is 5.97 Å². The van der Waals surface area contributed by atoms with Crippen molar-refractivity contribution in [1.82, 2.24) is 0 Å². The molecule has 1 atom stereocenters. The number of carboxylic acids is 1. The van der Waals surface area contributed by atoms with E-state index in [1.165, 1.54) is 5.30 Å². The summed E-state index contributed by atoms with van der Waals surface area (Å²) in [5.74, 6) is -0.880. The van der Waals surface area contributed by atoms with Gasteiger partial charge in [0.1, 0.15) is 0 Å². The number of rotatable bonds is 3. The predicted molar refractivity (Wildman–Crippen MR) is 78.8 cm³/mol. The van der Waals surface area contributed by atoms with Gasteiger partial charge in [-0.25, -0.2) is 4.79 Å². The lowest BCUT2D eigenvalue weighted by atomic mass is 10.2. The Kier molecular flexibility index (Phi) is 6.10. The third-order valence-corrected chi connectivity index (χ3v) is 3.44. The van der Waals surface area contributed by atoms with Gasteiger partial charge in [0.15, 0.2) is 0 Å². The molecule has 0 saturated heterocycles. The quantitative estimate of drug-likeness (QED) is 0.861. The molecule has 94 valence electrons. The Hall–Kier alpha value is -1.66. The highest BCUT2D eigenvalue weighted by Crippen LogP contribution is 2.10. The van der Waals surface area contributed by atoms with E-state index in [1.54, 1.807) is 12.1 Å². The van der Waals surface area contributed by atoms with Gasteiger partial charge in [-0.05, 0) is 22.7 Å². The molecule has 2 rings (SSSR count). The largest absolute Gasteiger partial charge is 0.478 e. The second-order valence-electron chi connectivity index (χ2n) is 3.37. The van der Waals surface area contributed by atoms with Gasteiger partial charge in [0.25, 0.3) is 0 Å². The van der Waals surface area contributed by atoms with Gasteiger partial charge in [-0.15, -0.1) is 0 Å². The summed E-state index contributed by atoms with van der Waals surface area (Å²) in [6, 6.07) is 17.2. The summed E-state index contributed by atoms with van der Waals surface area (Å²) < 4.78 is 0. The molecule has 0 saturated carbocycles. The monoisotopic (exact) mass is 260 g/mol. The molecule has 0 aliphatic rings. The van der Waals surface area contributed by atoms with Crippen LogP contribution in [0.25, 0.3) is 0 Å². The summed E-state index contributed by atoms with van der Waals surface area (Å²) in [6.07, 6.45) is 0. The molecule has 0 aliphatic heterocycles. The summed E-state index contributed by atoms with van der Waals surface area (Å²) in [6.45, 7) is 4.00. The van der Waals surface area contributed by atoms with E-state index in [1.807, 2.05) is 44.2 Å². The highest BCUT2D eigenvalue weighted by molar-refractivity contribution is 7.55. The number of carboxylic acid groups (broad SMARTS) is 1. The Bertz CT molecular complexity index is 478. The van der Waals surface area contributed by atoms with Gasteiger partial charge in [-0.2, -0.15) is 0 Å². The van der Waals surface area contributed by atoms with Crippen molar-refractivity contribution in [3.63, 3.8) is 0 Å². The van der Waals surface area contributed by atoms with Crippen LogP contribution in [0.2, 0.25) is 0 Å². The average Bonchev–Trinajstić information content (AvgIpc) is 2.43. The van der Waals surface area contributed by atoms with Crippen molar-refractivity contribution < 1.29 is 9.90 Å². The number of benzene rings is 2. The topological polar surface area (TPSA) is 37.3 Å². The average molecular weight is 260 g/mol. The molecule has 18 heavy (non-hydrogen) atoms. The van der Waals surface area contributed by atoms with Gasteiger partial charge in [-0.3, -0.25) is 0 Å². The summed E-state index contributed by atoms with van der Waals surface area (Å²) in [7, 11) is 0.574. The van der Waals surface area contributed by atoms with Gasteiger partial charge in [-0.1, -0.05) is 64.9 Å². The van der Waals surface area contributed by atoms with Crippen molar-refractivity contribution in [3.8, 4) is 0 Å². The van der Waals surface area contributed by atoms with Crippen LogP contribution in [0.5, 0.6) is 0 Å².